The van der Waals surface area contributed by atoms with Crippen LogP contribution in [0, 0.1) is 0 Å². The zero-order valence-corrected chi connectivity index (χ0v) is 20.4. The number of anilines is 2. The number of alkyl halides is 2. The Morgan fingerprint density at radius 2 is 1.94 bits per heavy atom. The lowest BCUT2D eigenvalue weighted by Gasteiger charge is -2.23. The van der Waals surface area contributed by atoms with Gasteiger partial charge in [0.05, 0.1) is 5.69 Å². The van der Waals surface area contributed by atoms with Crippen LogP contribution >= 0.6 is 0 Å². The Kier molecular flexibility index (Phi) is 6.66. The molecule has 7 nitrogen and oxygen atoms in total. The quantitative estimate of drug-likeness (QED) is 0.481. The molecule has 2 aromatic heterocycles. The van der Waals surface area contributed by atoms with Crippen LogP contribution in [0.2, 0.25) is 0 Å². The first-order chi connectivity index (χ1) is 17.3. The maximum absolute atomic E-state index is 13.9. The van der Waals surface area contributed by atoms with Gasteiger partial charge in [-0.05, 0) is 67.0 Å². The van der Waals surface area contributed by atoms with Crippen molar-refractivity contribution in [3.63, 3.8) is 0 Å². The number of amides is 1. The number of rotatable bonds is 6. The maximum Gasteiger partial charge on any atom is 0.265 e. The van der Waals surface area contributed by atoms with Gasteiger partial charge in [-0.1, -0.05) is 13.8 Å². The topological polar surface area (TPSA) is 89.0 Å². The third kappa shape index (κ3) is 5.06. The van der Waals surface area contributed by atoms with Crippen molar-refractivity contribution in [2.45, 2.75) is 57.4 Å². The normalized spacial score (nSPS) is 17.1. The molecule has 0 atom stereocenters. The summed E-state index contributed by atoms with van der Waals surface area (Å²) in [5.74, 6) is -0.186. The van der Waals surface area contributed by atoms with Gasteiger partial charge in [0.15, 0.2) is 0 Å². The van der Waals surface area contributed by atoms with Crippen molar-refractivity contribution >= 4 is 17.5 Å². The minimum absolute atomic E-state index is 0.0190. The Morgan fingerprint density at radius 3 is 2.72 bits per heavy atom. The highest BCUT2D eigenvalue weighted by Gasteiger charge is 2.31. The number of benzene rings is 1. The van der Waals surface area contributed by atoms with Crippen molar-refractivity contribution in [2.24, 2.45) is 0 Å². The van der Waals surface area contributed by atoms with E-state index in [0.29, 0.717) is 31.7 Å². The Balaban J connectivity index is 1.37. The predicted molar refractivity (Wildman–Crippen MR) is 133 cm³/mol. The second-order valence-electron chi connectivity index (χ2n) is 9.96. The van der Waals surface area contributed by atoms with E-state index in [9.17, 15) is 13.6 Å². The van der Waals surface area contributed by atoms with E-state index in [2.05, 4.69) is 45.5 Å². The lowest BCUT2D eigenvalue weighted by Crippen LogP contribution is -2.38. The number of pyridine rings is 1. The van der Waals surface area contributed by atoms with E-state index < -0.39 is 6.43 Å². The number of fused-ring (bicyclic) bond motifs is 1. The summed E-state index contributed by atoms with van der Waals surface area (Å²) in [6.07, 6.45) is 4.02. The van der Waals surface area contributed by atoms with Gasteiger partial charge in [-0.15, -0.1) is 0 Å². The number of nitrogens with one attached hydrogen (secondary N) is 2. The average molecular weight is 494 g/mol. The summed E-state index contributed by atoms with van der Waals surface area (Å²) < 4.78 is 33.2. The third-order valence-corrected chi connectivity index (χ3v) is 6.99. The average Bonchev–Trinajstić information content (AvgIpc) is 3.18. The fraction of sp³-hybridized carbons (Fsp3) is 0.407. The van der Waals surface area contributed by atoms with Crippen LogP contribution in [0.1, 0.15) is 66.7 Å². The largest absolute Gasteiger partial charge is 0.381 e. The maximum atomic E-state index is 13.9. The van der Waals surface area contributed by atoms with Crippen molar-refractivity contribution < 1.29 is 18.3 Å². The van der Waals surface area contributed by atoms with Crippen molar-refractivity contribution in [2.75, 3.05) is 18.5 Å². The zero-order valence-electron chi connectivity index (χ0n) is 20.4. The molecule has 2 aliphatic rings. The summed E-state index contributed by atoms with van der Waals surface area (Å²) in [5, 5.41) is 5.81. The molecule has 1 saturated heterocycles. The van der Waals surface area contributed by atoms with E-state index in [1.165, 1.54) is 23.8 Å². The molecule has 1 aliphatic carbocycles. The molecular weight excluding hydrogens is 464 g/mol. The highest BCUT2D eigenvalue weighted by atomic mass is 19.3. The first-order valence-corrected chi connectivity index (χ1v) is 12.2. The molecule has 1 aliphatic heterocycles. The second-order valence-corrected chi connectivity index (χ2v) is 9.96. The minimum Gasteiger partial charge on any atom is -0.381 e. The molecule has 9 heteroatoms. The summed E-state index contributed by atoms with van der Waals surface area (Å²) in [7, 11) is 0. The van der Waals surface area contributed by atoms with Crippen molar-refractivity contribution in [1.29, 1.82) is 0 Å². The van der Waals surface area contributed by atoms with Crippen molar-refractivity contribution in [3.05, 3.63) is 65.1 Å². The lowest BCUT2D eigenvalue weighted by molar-refractivity contribution is 0.0696. The number of hydrogen-bond donors (Lipinski definition) is 2. The Bertz CT molecular complexity index is 1270. The molecule has 188 valence electrons. The Morgan fingerprint density at radius 1 is 1.14 bits per heavy atom. The summed E-state index contributed by atoms with van der Waals surface area (Å²) in [4.78, 5) is 26.0. The van der Waals surface area contributed by atoms with E-state index in [1.807, 2.05) is 0 Å². The van der Waals surface area contributed by atoms with Gasteiger partial charge in [0.1, 0.15) is 0 Å². The van der Waals surface area contributed by atoms with Gasteiger partial charge in [-0.25, -0.2) is 18.7 Å². The van der Waals surface area contributed by atoms with Crippen LogP contribution in [0.15, 0.2) is 42.7 Å². The monoisotopic (exact) mass is 493 g/mol. The van der Waals surface area contributed by atoms with Crippen LogP contribution < -0.4 is 10.6 Å². The molecule has 0 saturated carbocycles. The first kappa shape index (κ1) is 24.2. The summed E-state index contributed by atoms with van der Waals surface area (Å²) >= 11 is 0. The number of carbonyl (C=O) groups is 1. The molecule has 0 spiro atoms. The van der Waals surface area contributed by atoms with Crippen LogP contribution in [0.25, 0.3) is 11.3 Å². The van der Waals surface area contributed by atoms with E-state index in [0.717, 1.165) is 24.1 Å². The summed E-state index contributed by atoms with van der Waals surface area (Å²) in [5.41, 5.74) is 3.92. The van der Waals surface area contributed by atoms with E-state index in [-0.39, 0.29) is 40.1 Å². The molecule has 1 amide bonds. The van der Waals surface area contributed by atoms with Gasteiger partial charge in [0.25, 0.3) is 12.3 Å². The molecule has 3 heterocycles. The molecule has 2 N–H and O–H groups in total. The number of aryl methyl sites for hydroxylation is 1. The molecule has 5 rings (SSSR count). The van der Waals surface area contributed by atoms with Gasteiger partial charge < -0.3 is 15.4 Å². The highest BCUT2D eigenvalue weighted by molar-refractivity contribution is 5.95. The fourth-order valence-corrected chi connectivity index (χ4v) is 4.79. The first-order valence-electron chi connectivity index (χ1n) is 12.2. The number of hydrogen-bond acceptors (Lipinski definition) is 6. The predicted octanol–water partition coefficient (Wildman–Crippen LogP) is 5.35. The smallest absolute Gasteiger partial charge is 0.265 e. The Labute approximate surface area is 208 Å². The second kappa shape index (κ2) is 9.89. The van der Waals surface area contributed by atoms with Crippen LogP contribution in [0.3, 0.4) is 0 Å². The van der Waals surface area contributed by atoms with Crippen LogP contribution in [0.4, 0.5) is 20.4 Å². The molecule has 0 radical (unpaired) electrons. The molecular formula is C27H29F2N5O2. The molecule has 0 bridgehead atoms. The number of aromatic nitrogens is 3. The van der Waals surface area contributed by atoms with Crippen LogP contribution in [0.5, 0.6) is 0 Å². The fourth-order valence-electron chi connectivity index (χ4n) is 4.79. The molecule has 36 heavy (non-hydrogen) atoms. The SMILES string of the molecule is CC1(C)CCc2ncc(-c3ccnc(Nc4ccc(C(=O)NC5CCOCC5)cc4C(F)F)n3)cc21. The zero-order chi connectivity index (χ0) is 25.3. The number of ether oxygens (including phenoxy) is 1. The van der Waals surface area contributed by atoms with Gasteiger partial charge in [-0.3, -0.25) is 9.78 Å². The molecule has 1 aromatic carbocycles. The van der Waals surface area contributed by atoms with Crippen LogP contribution in [-0.2, 0) is 16.6 Å². The molecule has 0 unspecified atom stereocenters. The van der Waals surface area contributed by atoms with E-state index >= 15 is 0 Å². The number of nitrogens with zero attached hydrogens (tertiary/aromatic N) is 3. The van der Waals surface area contributed by atoms with Gasteiger partial charge in [0.2, 0.25) is 5.95 Å². The van der Waals surface area contributed by atoms with Crippen molar-refractivity contribution in [3.8, 4) is 11.3 Å². The highest BCUT2D eigenvalue weighted by Crippen LogP contribution is 2.39. The summed E-state index contributed by atoms with van der Waals surface area (Å²) in [6.45, 7) is 5.57. The van der Waals surface area contributed by atoms with Gasteiger partial charge >= 0.3 is 0 Å². The van der Waals surface area contributed by atoms with Crippen LogP contribution in [-0.4, -0.2) is 40.1 Å². The third-order valence-electron chi connectivity index (χ3n) is 6.99. The van der Waals surface area contributed by atoms with Gasteiger partial charge in [0, 0.05) is 59.7 Å². The van der Waals surface area contributed by atoms with E-state index in [1.54, 1.807) is 18.5 Å². The van der Waals surface area contributed by atoms with Crippen molar-refractivity contribution in [1.82, 2.24) is 20.3 Å². The molecule has 3 aromatic rings. The Hall–Kier alpha value is -3.46. The number of halogens is 2. The minimum atomic E-state index is -2.78. The summed E-state index contributed by atoms with van der Waals surface area (Å²) in [6, 6.07) is 8.08. The lowest BCUT2D eigenvalue weighted by atomic mass is 9.86. The standard InChI is InChI=1S/C27H29F2N5O2/c1-27(2)9-5-23-20(27)14-17(15-31-23)21-6-10-30-26(33-21)34-22-4-3-16(13-19(22)24(28)29)25(35)32-18-7-11-36-12-8-18/h3-4,6,10,13-15,18,24H,5,7-9,11-12H2,1-2H3,(H,32,35)(H,30,33,34). The van der Waals surface area contributed by atoms with E-state index in [4.69, 9.17) is 4.74 Å². The van der Waals surface area contributed by atoms with Gasteiger partial charge in [-0.2, -0.15) is 0 Å². The number of carbonyl (C=O) groups excluding carboxylic acids is 1. The molecule has 1 fully saturated rings.